The molecule has 0 fully saturated rings. The second kappa shape index (κ2) is 6.24. The third-order valence-corrected chi connectivity index (χ3v) is 2.98. The van der Waals surface area contributed by atoms with E-state index >= 15 is 0 Å². The zero-order chi connectivity index (χ0) is 12.8. The van der Waals surface area contributed by atoms with Crippen LogP contribution in [0.25, 0.3) is 0 Å². The van der Waals surface area contributed by atoms with Crippen molar-refractivity contribution in [2.24, 2.45) is 5.92 Å². The molecule has 2 amide bonds. The summed E-state index contributed by atoms with van der Waals surface area (Å²) in [5, 5.41) is 17.7. The maximum atomic E-state index is 11.6. The molecule has 0 aliphatic carbocycles. The van der Waals surface area contributed by atoms with Gasteiger partial charge in [0.05, 0.1) is 12.1 Å². The van der Waals surface area contributed by atoms with Gasteiger partial charge in [0.15, 0.2) is 0 Å². The number of carboxylic acids is 1. The van der Waals surface area contributed by atoms with Gasteiger partial charge >= 0.3 is 12.0 Å². The second-order valence-corrected chi connectivity index (χ2v) is 4.84. The van der Waals surface area contributed by atoms with Crippen molar-refractivity contribution in [2.75, 3.05) is 5.32 Å². The molecule has 17 heavy (non-hydrogen) atoms. The molecular weight excluding hydrogens is 240 g/mol. The number of carbonyl (C=O) groups is 2. The summed E-state index contributed by atoms with van der Waals surface area (Å²) < 4.78 is 0. The number of carbonyl (C=O) groups excluding carboxylic acids is 1. The van der Waals surface area contributed by atoms with Crippen LogP contribution in [0.5, 0.6) is 0 Å². The molecule has 3 N–H and O–H groups in total. The fraction of sp³-hybridized carbons (Fsp3) is 0.455. The highest BCUT2D eigenvalue weighted by atomic mass is 32.1. The molecule has 6 heteroatoms. The third-order valence-electron chi connectivity index (χ3n) is 2.29. The van der Waals surface area contributed by atoms with Crippen molar-refractivity contribution in [3.05, 3.63) is 16.8 Å². The SMILES string of the molecule is CC(C)C(CC(=O)O)NC(=O)Nc1ccsc1. The maximum Gasteiger partial charge on any atom is 0.319 e. The van der Waals surface area contributed by atoms with Crippen LogP contribution in [0.3, 0.4) is 0 Å². The number of rotatable bonds is 5. The van der Waals surface area contributed by atoms with E-state index in [4.69, 9.17) is 5.11 Å². The highest BCUT2D eigenvalue weighted by molar-refractivity contribution is 7.08. The van der Waals surface area contributed by atoms with Crippen LogP contribution in [0.4, 0.5) is 10.5 Å². The van der Waals surface area contributed by atoms with Crippen molar-refractivity contribution >= 4 is 29.0 Å². The van der Waals surface area contributed by atoms with Gasteiger partial charge in [0.1, 0.15) is 0 Å². The van der Waals surface area contributed by atoms with Crippen LogP contribution in [0.2, 0.25) is 0 Å². The van der Waals surface area contributed by atoms with Gasteiger partial charge in [0.25, 0.3) is 0 Å². The Morgan fingerprint density at radius 2 is 2.18 bits per heavy atom. The smallest absolute Gasteiger partial charge is 0.319 e. The monoisotopic (exact) mass is 256 g/mol. The summed E-state index contributed by atoms with van der Waals surface area (Å²) in [5.41, 5.74) is 0.713. The van der Waals surface area contributed by atoms with E-state index in [1.54, 1.807) is 11.4 Å². The minimum Gasteiger partial charge on any atom is -0.481 e. The molecule has 1 atom stereocenters. The van der Waals surface area contributed by atoms with Crippen molar-refractivity contribution < 1.29 is 14.7 Å². The van der Waals surface area contributed by atoms with Crippen molar-refractivity contribution in [3.63, 3.8) is 0 Å². The Morgan fingerprint density at radius 3 is 2.65 bits per heavy atom. The van der Waals surface area contributed by atoms with Gasteiger partial charge in [-0.3, -0.25) is 4.79 Å². The number of thiophene rings is 1. The zero-order valence-electron chi connectivity index (χ0n) is 9.77. The molecule has 0 aliphatic rings. The van der Waals surface area contributed by atoms with E-state index in [-0.39, 0.29) is 24.4 Å². The molecule has 5 nitrogen and oxygen atoms in total. The molecule has 1 aromatic rings. The van der Waals surface area contributed by atoms with E-state index in [1.165, 1.54) is 11.3 Å². The van der Waals surface area contributed by atoms with Gasteiger partial charge in [0.2, 0.25) is 0 Å². The highest BCUT2D eigenvalue weighted by Gasteiger charge is 2.19. The Labute approximate surface area is 104 Å². The number of aliphatic carboxylic acids is 1. The Bertz CT molecular complexity index is 376. The quantitative estimate of drug-likeness (QED) is 0.756. The van der Waals surface area contributed by atoms with Crippen molar-refractivity contribution in [1.82, 2.24) is 5.32 Å². The average Bonchev–Trinajstić information content (AvgIpc) is 2.68. The molecule has 1 heterocycles. The zero-order valence-corrected chi connectivity index (χ0v) is 10.6. The lowest BCUT2D eigenvalue weighted by atomic mass is 10.0. The van der Waals surface area contributed by atoms with E-state index in [9.17, 15) is 9.59 Å². The molecule has 0 aromatic carbocycles. The fourth-order valence-corrected chi connectivity index (χ4v) is 1.90. The molecule has 1 aromatic heterocycles. The molecular formula is C11H16N2O3S. The van der Waals surface area contributed by atoms with Crippen LogP contribution in [0.15, 0.2) is 16.8 Å². The van der Waals surface area contributed by atoms with E-state index in [0.29, 0.717) is 5.69 Å². The molecule has 1 rings (SSSR count). The van der Waals surface area contributed by atoms with E-state index < -0.39 is 5.97 Å². The number of anilines is 1. The van der Waals surface area contributed by atoms with Crippen LogP contribution in [-0.2, 0) is 4.79 Å². The maximum absolute atomic E-state index is 11.6. The number of hydrogen-bond donors (Lipinski definition) is 3. The number of amides is 2. The molecule has 0 spiro atoms. The normalized spacial score (nSPS) is 12.2. The minimum absolute atomic E-state index is 0.0688. The molecule has 0 bridgehead atoms. The first-order valence-electron chi connectivity index (χ1n) is 5.30. The number of carboxylic acid groups (broad SMARTS) is 1. The molecule has 0 saturated carbocycles. The number of urea groups is 1. The summed E-state index contributed by atoms with van der Waals surface area (Å²) in [7, 11) is 0. The number of hydrogen-bond acceptors (Lipinski definition) is 3. The Morgan fingerprint density at radius 1 is 1.47 bits per heavy atom. The summed E-state index contributed by atoms with van der Waals surface area (Å²) in [6, 6.07) is 1.04. The van der Waals surface area contributed by atoms with Crippen molar-refractivity contribution in [1.29, 1.82) is 0 Å². The van der Waals surface area contributed by atoms with Gasteiger partial charge in [0, 0.05) is 11.4 Å². The first-order chi connectivity index (χ1) is 7.99. The first kappa shape index (κ1) is 13.5. The van der Waals surface area contributed by atoms with Gasteiger partial charge in [-0.25, -0.2) is 4.79 Å². The van der Waals surface area contributed by atoms with Crippen LogP contribution in [-0.4, -0.2) is 23.1 Å². The van der Waals surface area contributed by atoms with Gasteiger partial charge in [-0.15, -0.1) is 0 Å². The highest BCUT2D eigenvalue weighted by Crippen LogP contribution is 2.12. The summed E-state index contributed by atoms with van der Waals surface area (Å²) in [6.07, 6.45) is -0.0747. The lowest BCUT2D eigenvalue weighted by Gasteiger charge is -2.20. The lowest BCUT2D eigenvalue weighted by Crippen LogP contribution is -2.42. The molecule has 1 unspecified atom stereocenters. The molecule has 0 saturated heterocycles. The summed E-state index contributed by atoms with van der Waals surface area (Å²) in [5.74, 6) is -0.848. The van der Waals surface area contributed by atoms with Crippen LogP contribution < -0.4 is 10.6 Å². The molecule has 0 radical (unpaired) electrons. The molecule has 94 valence electrons. The second-order valence-electron chi connectivity index (χ2n) is 4.06. The van der Waals surface area contributed by atoms with Crippen LogP contribution >= 0.6 is 11.3 Å². The largest absolute Gasteiger partial charge is 0.481 e. The minimum atomic E-state index is -0.917. The molecule has 0 aliphatic heterocycles. The Balaban J connectivity index is 2.49. The summed E-state index contributed by atoms with van der Waals surface area (Å²) >= 11 is 1.48. The standard InChI is InChI=1S/C11H16N2O3S/c1-7(2)9(5-10(14)15)13-11(16)12-8-3-4-17-6-8/h3-4,6-7,9H,5H2,1-2H3,(H,14,15)(H2,12,13,16). The third kappa shape index (κ3) is 4.86. The van der Waals surface area contributed by atoms with Crippen LogP contribution in [0.1, 0.15) is 20.3 Å². The Kier molecular flexibility index (Phi) is 4.96. The topological polar surface area (TPSA) is 78.4 Å². The van der Waals surface area contributed by atoms with Gasteiger partial charge in [-0.1, -0.05) is 13.8 Å². The number of nitrogens with one attached hydrogen (secondary N) is 2. The van der Waals surface area contributed by atoms with Crippen molar-refractivity contribution in [3.8, 4) is 0 Å². The van der Waals surface area contributed by atoms with Gasteiger partial charge in [-0.2, -0.15) is 11.3 Å². The summed E-state index contributed by atoms with van der Waals surface area (Å²) in [4.78, 5) is 22.2. The van der Waals surface area contributed by atoms with Crippen LogP contribution in [0, 0.1) is 5.92 Å². The average molecular weight is 256 g/mol. The fourth-order valence-electron chi connectivity index (χ4n) is 1.31. The van der Waals surface area contributed by atoms with Gasteiger partial charge in [-0.05, 0) is 17.4 Å². The predicted octanol–water partition coefficient (Wildman–Crippen LogP) is 2.37. The van der Waals surface area contributed by atoms with E-state index in [0.717, 1.165) is 0 Å². The van der Waals surface area contributed by atoms with E-state index in [1.807, 2.05) is 19.2 Å². The summed E-state index contributed by atoms with van der Waals surface area (Å²) in [6.45, 7) is 3.75. The first-order valence-corrected chi connectivity index (χ1v) is 6.25. The van der Waals surface area contributed by atoms with Gasteiger partial charge < -0.3 is 15.7 Å². The lowest BCUT2D eigenvalue weighted by molar-refractivity contribution is -0.137. The Hall–Kier alpha value is -1.56. The van der Waals surface area contributed by atoms with E-state index in [2.05, 4.69) is 10.6 Å². The van der Waals surface area contributed by atoms with Crippen molar-refractivity contribution in [2.45, 2.75) is 26.3 Å². The predicted molar refractivity (Wildman–Crippen MR) is 67.4 cm³/mol.